The second-order valence-electron chi connectivity index (χ2n) is 3.48. The van der Waals surface area contributed by atoms with Crippen molar-refractivity contribution in [3.05, 3.63) is 28.0 Å². The zero-order valence-corrected chi connectivity index (χ0v) is 12.9. The average molecular weight is 309 g/mol. The Morgan fingerprint density at radius 2 is 2.37 bits per heavy atom. The molecule has 0 bridgehead atoms. The normalized spacial score (nSPS) is 10.2. The summed E-state index contributed by atoms with van der Waals surface area (Å²) in [4.78, 5) is 13.5. The van der Waals surface area contributed by atoms with Crippen LogP contribution in [0.15, 0.2) is 21.7 Å². The number of nitrogens with zero attached hydrogens (tertiary/aromatic N) is 1. The predicted octanol–water partition coefficient (Wildman–Crippen LogP) is 4.25. The maximum Gasteiger partial charge on any atom is 0.349 e. The van der Waals surface area contributed by atoms with Gasteiger partial charge in [0.2, 0.25) is 0 Å². The van der Waals surface area contributed by atoms with Gasteiger partial charge in [-0.25, -0.2) is 4.79 Å². The van der Waals surface area contributed by atoms with E-state index in [1.54, 1.807) is 6.92 Å². The summed E-state index contributed by atoms with van der Waals surface area (Å²) in [6.07, 6.45) is 1.90. The van der Waals surface area contributed by atoms with E-state index in [9.17, 15) is 10.1 Å². The quantitative estimate of drug-likeness (QED) is 0.626. The lowest BCUT2D eigenvalue weighted by atomic mass is 10.1. The lowest BCUT2D eigenvalue weighted by Gasteiger charge is -2.02. The minimum absolute atomic E-state index is 0.330. The minimum Gasteiger partial charge on any atom is -0.462 e. The summed E-state index contributed by atoms with van der Waals surface area (Å²) in [5.74, 6) is -0.354. The lowest BCUT2D eigenvalue weighted by Crippen LogP contribution is -2.03. The van der Waals surface area contributed by atoms with Gasteiger partial charge in [0.1, 0.15) is 10.9 Å². The molecule has 0 spiro atoms. The van der Waals surface area contributed by atoms with Crippen molar-refractivity contribution in [2.75, 3.05) is 12.9 Å². The Kier molecular flexibility index (Phi) is 4.64. The van der Waals surface area contributed by atoms with Crippen molar-refractivity contribution in [2.45, 2.75) is 11.1 Å². The van der Waals surface area contributed by atoms with Crippen LogP contribution in [-0.4, -0.2) is 18.8 Å². The zero-order valence-electron chi connectivity index (χ0n) is 10.4. The first kappa shape index (κ1) is 14.1. The molecule has 0 radical (unpaired) electrons. The summed E-state index contributed by atoms with van der Waals surface area (Å²) in [5.41, 5.74) is 1.29. The molecule has 0 aromatic carbocycles. The zero-order chi connectivity index (χ0) is 13.8. The molecule has 0 aliphatic carbocycles. The summed E-state index contributed by atoms with van der Waals surface area (Å²) in [5, 5.41) is 11.3. The summed E-state index contributed by atoms with van der Waals surface area (Å²) in [6, 6.07) is 6.04. The fourth-order valence-corrected chi connectivity index (χ4v) is 4.33. The number of hydrogen-bond acceptors (Lipinski definition) is 6. The molecule has 98 valence electrons. The summed E-state index contributed by atoms with van der Waals surface area (Å²) < 4.78 is 5.94. The second kappa shape index (κ2) is 6.24. The van der Waals surface area contributed by atoms with Crippen LogP contribution in [0.3, 0.4) is 0 Å². The Balaban J connectivity index is 2.63. The lowest BCUT2D eigenvalue weighted by molar-refractivity contribution is 0.0533. The van der Waals surface area contributed by atoms with E-state index in [2.05, 4.69) is 6.07 Å². The Labute approximate surface area is 123 Å². The summed E-state index contributed by atoms with van der Waals surface area (Å²) in [6.45, 7) is 2.11. The highest BCUT2D eigenvalue weighted by atomic mass is 32.2. The van der Waals surface area contributed by atoms with Crippen LogP contribution in [0.5, 0.6) is 0 Å². The monoisotopic (exact) mass is 309 g/mol. The Bertz CT molecular complexity index is 623. The molecule has 0 unspecified atom stereocenters. The van der Waals surface area contributed by atoms with E-state index in [-0.39, 0.29) is 5.97 Å². The third kappa shape index (κ3) is 2.68. The van der Waals surface area contributed by atoms with Crippen molar-refractivity contribution in [1.82, 2.24) is 0 Å². The molecule has 2 aromatic heterocycles. The van der Waals surface area contributed by atoms with Gasteiger partial charge in [0, 0.05) is 10.4 Å². The molecule has 0 fully saturated rings. The smallest absolute Gasteiger partial charge is 0.349 e. The van der Waals surface area contributed by atoms with Crippen molar-refractivity contribution in [3.63, 3.8) is 0 Å². The van der Waals surface area contributed by atoms with Crippen molar-refractivity contribution in [2.24, 2.45) is 0 Å². The Hall–Kier alpha value is -1.29. The molecule has 3 nitrogen and oxygen atoms in total. The van der Waals surface area contributed by atoms with Crippen LogP contribution in [0, 0.1) is 11.3 Å². The van der Waals surface area contributed by atoms with Crippen molar-refractivity contribution >= 4 is 40.4 Å². The number of hydrogen-bond donors (Lipinski definition) is 0. The molecule has 2 rings (SSSR count). The van der Waals surface area contributed by atoms with Crippen LogP contribution in [-0.2, 0) is 4.74 Å². The average Bonchev–Trinajstić information content (AvgIpc) is 3.04. The van der Waals surface area contributed by atoms with Crippen LogP contribution in [0.2, 0.25) is 0 Å². The maximum atomic E-state index is 12.0. The molecule has 0 saturated heterocycles. The predicted molar refractivity (Wildman–Crippen MR) is 80.1 cm³/mol. The van der Waals surface area contributed by atoms with Crippen LogP contribution in [0.4, 0.5) is 0 Å². The number of thiophene rings is 2. The summed E-state index contributed by atoms with van der Waals surface area (Å²) in [7, 11) is 0. The van der Waals surface area contributed by atoms with E-state index in [4.69, 9.17) is 4.74 Å². The molecule has 0 aliphatic heterocycles. The Morgan fingerprint density at radius 3 is 2.89 bits per heavy atom. The van der Waals surface area contributed by atoms with Gasteiger partial charge in [-0.2, -0.15) is 5.26 Å². The first-order valence-corrected chi connectivity index (χ1v) is 8.46. The fraction of sp³-hybridized carbons (Fsp3) is 0.231. The van der Waals surface area contributed by atoms with E-state index in [0.29, 0.717) is 22.6 Å². The van der Waals surface area contributed by atoms with Crippen LogP contribution >= 0.6 is 34.4 Å². The number of thioether (sulfide) groups is 1. The van der Waals surface area contributed by atoms with E-state index < -0.39 is 0 Å². The molecule has 2 aromatic rings. The van der Waals surface area contributed by atoms with E-state index in [1.165, 1.54) is 34.4 Å². The molecule has 0 aliphatic rings. The van der Waals surface area contributed by atoms with Crippen molar-refractivity contribution < 1.29 is 9.53 Å². The summed E-state index contributed by atoms with van der Waals surface area (Å²) >= 11 is 4.33. The second-order valence-corrected chi connectivity index (χ2v) is 6.53. The van der Waals surface area contributed by atoms with Gasteiger partial charge in [-0.15, -0.1) is 34.4 Å². The first-order valence-electron chi connectivity index (χ1n) is 5.54. The third-order valence-corrected chi connectivity index (χ3v) is 5.58. The van der Waals surface area contributed by atoms with Crippen LogP contribution in [0.25, 0.3) is 10.4 Å². The molecular weight excluding hydrogens is 298 g/mol. The van der Waals surface area contributed by atoms with Gasteiger partial charge in [0.25, 0.3) is 0 Å². The Morgan fingerprint density at radius 1 is 1.58 bits per heavy atom. The van der Waals surface area contributed by atoms with Gasteiger partial charge in [-0.1, -0.05) is 6.07 Å². The highest BCUT2D eigenvalue weighted by molar-refractivity contribution is 8.00. The maximum absolute atomic E-state index is 12.0. The number of rotatable bonds is 4. The van der Waals surface area contributed by atoms with Crippen molar-refractivity contribution in [1.29, 1.82) is 5.26 Å². The largest absolute Gasteiger partial charge is 0.462 e. The molecular formula is C13H11NO2S3. The van der Waals surface area contributed by atoms with Gasteiger partial charge in [-0.3, -0.25) is 0 Å². The first-order chi connectivity index (χ1) is 9.22. The van der Waals surface area contributed by atoms with E-state index in [1.807, 2.05) is 23.8 Å². The molecule has 0 atom stereocenters. The van der Waals surface area contributed by atoms with E-state index in [0.717, 1.165) is 9.09 Å². The number of ether oxygens (including phenoxy) is 1. The molecule has 19 heavy (non-hydrogen) atoms. The van der Waals surface area contributed by atoms with E-state index >= 15 is 0 Å². The van der Waals surface area contributed by atoms with Gasteiger partial charge in [0.15, 0.2) is 0 Å². The van der Waals surface area contributed by atoms with Gasteiger partial charge >= 0.3 is 5.97 Å². The molecule has 0 amide bonds. The number of nitriles is 1. The van der Waals surface area contributed by atoms with Crippen molar-refractivity contribution in [3.8, 4) is 16.5 Å². The highest BCUT2D eigenvalue weighted by Crippen LogP contribution is 2.42. The van der Waals surface area contributed by atoms with Gasteiger partial charge in [-0.05, 0) is 24.6 Å². The highest BCUT2D eigenvalue weighted by Gasteiger charge is 2.25. The molecule has 6 heteroatoms. The number of carbonyl (C=O) groups excluding carboxylic acids is 1. The molecule has 0 saturated carbocycles. The van der Waals surface area contributed by atoms with Gasteiger partial charge in [0.05, 0.1) is 16.4 Å². The number of carbonyl (C=O) groups is 1. The minimum atomic E-state index is -0.354. The van der Waals surface area contributed by atoms with Crippen LogP contribution in [0.1, 0.15) is 22.2 Å². The molecule has 0 N–H and O–H groups in total. The van der Waals surface area contributed by atoms with Crippen LogP contribution < -0.4 is 0 Å². The topological polar surface area (TPSA) is 50.1 Å². The standard InChI is InChI=1S/C13H11NO2S3/c1-3-16-12(15)11-10(9-5-4-6-18-9)8(7-14)13(17-2)19-11/h4-6H,3H2,1-2H3. The SMILES string of the molecule is CCOC(=O)c1sc(SC)c(C#N)c1-c1cccs1. The number of esters is 1. The third-order valence-electron chi connectivity index (χ3n) is 2.40. The fourth-order valence-electron chi connectivity index (χ4n) is 1.65. The van der Waals surface area contributed by atoms with Gasteiger partial charge < -0.3 is 4.74 Å². The molecule has 2 heterocycles.